The van der Waals surface area contributed by atoms with Crippen LogP contribution in [0.15, 0.2) is 18.2 Å². The van der Waals surface area contributed by atoms with Crippen LogP contribution < -0.4 is 10.6 Å². The fourth-order valence-corrected chi connectivity index (χ4v) is 2.55. The molecule has 6 heteroatoms. The second-order valence-electron chi connectivity index (χ2n) is 5.34. The minimum Gasteiger partial charge on any atom is -0.392 e. The highest BCUT2D eigenvalue weighted by Gasteiger charge is 2.22. The highest BCUT2D eigenvalue weighted by Crippen LogP contribution is 2.19. The molecule has 0 aromatic heterocycles. The lowest BCUT2D eigenvalue weighted by Gasteiger charge is -2.21. The van der Waals surface area contributed by atoms with Crippen LogP contribution in [0.25, 0.3) is 0 Å². The Labute approximate surface area is 122 Å². The monoisotopic (exact) mass is 298 g/mol. The summed E-state index contributed by atoms with van der Waals surface area (Å²) >= 11 is 0. The topological polar surface area (TPSA) is 61.4 Å². The summed E-state index contributed by atoms with van der Waals surface area (Å²) in [6.07, 6.45) is 4.07. The highest BCUT2D eigenvalue weighted by atomic mass is 19.1. The average Bonchev–Trinajstić information content (AvgIpc) is 2.65. The second-order valence-corrected chi connectivity index (χ2v) is 5.34. The molecule has 4 nitrogen and oxygen atoms in total. The van der Waals surface area contributed by atoms with Crippen molar-refractivity contribution in [1.29, 1.82) is 0 Å². The van der Waals surface area contributed by atoms with Gasteiger partial charge in [0, 0.05) is 6.04 Å². The van der Waals surface area contributed by atoms with E-state index in [4.69, 9.17) is 0 Å². The van der Waals surface area contributed by atoms with Gasteiger partial charge in [-0.3, -0.25) is 4.79 Å². The molecule has 116 valence electrons. The molecule has 1 saturated carbocycles. The van der Waals surface area contributed by atoms with E-state index >= 15 is 0 Å². The van der Waals surface area contributed by atoms with E-state index in [0.29, 0.717) is 6.42 Å². The van der Waals surface area contributed by atoms with Gasteiger partial charge in [0.2, 0.25) is 5.91 Å². The maximum Gasteiger partial charge on any atom is 0.238 e. The molecule has 1 aliphatic rings. The smallest absolute Gasteiger partial charge is 0.238 e. The van der Waals surface area contributed by atoms with E-state index in [1.54, 1.807) is 0 Å². The van der Waals surface area contributed by atoms with E-state index in [1.165, 1.54) is 6.07 Å². The third kappa shape index (κ3) is 4.47. The zero-order chi connectivity index (χ0) is 15.2. The molecule has 0 saturated heterocycles. The van der Waals surface area contributed by atoms with Crippen molar-refractivity contribution in [3.63, 3.8) is 0 Å². The SMILES string of the molecule is O=C(CNC1CCCCCC1O)Nc1c(F)cccc1F. The van der Waals surface area contributed by atoms with Gasteiger partial charge in [0.1, 0.15) is 17.3 Å². The molecule has 0 spiro atoms. The lowest BCUT2D eigenvalue weighted by Crippen LogP contribution is -2.43. The van der Waals surface area contributed by atoms with Crippen molar-refractivity contribution in [2.24, 2.45) is 0 Å². The summed E-state index contributed by atoms with van der Waals surface area (Å²) < 4.78 is 26.8. The fourth-order valence-electron chi connectivity index (χ4n) is 2.55. The molecule has 1 aromatic rings. The number of hydrogen-bond acceptors (Lipinski definition) is 3. The summed E-state index contributed by atoms with van der Waals surface area (Å²) in [5.41, 5.74) is -0.439. The predicted molar refractivity (Wildman–Crippen MR) is 75.9 cm³/mol. The molecular weight excluding hydrogens is 278 g/mol. The first-order valence-corrected chi connectivity index (χ1v) is 7.23. The molecule has 2 unspecified atom stereocenters. The van der Waals surface area contributed by atoms with Crippen LogP contribution in [0.2, 0.25) is 0 Å². The van der Waals surface area contributed by atoms with Crippen molar-refractivity contribution >= 4 is 11.6 Å². The molecule has 1 amide bonds. The molecule has 1 aliphatic carbocycles. The molecule has 1 fully saturated rings. The number of halogens is 2. The van der Waals surface area contributed by atoms with Crippen LogP contribution in [0.1, 0.15) is 32.1 Å². The van der Waals surface area contributed by atoms with Crippen molar-refractivity contribution in [2.45, 2.75) is 44.2 Å². The van der Waals surface area contributed by atoms with E-state index in [-0.39, 0.29) is 12.6 Å². The van der Waals surface area contributed by atoms with Gasteiger partial charge in [-0.05, 0) is 25.0 Å². The molecular formula is C15H20F2N2O2. The first kappa shape index (κ1) is 15.9. The Balaban J connectivity index is 1.87. The van der Waals surface area contributed by atoms with Gasteiger partial charge in [-0.15, -0.1) is 0 Å². The van der Waals surface area contributed by atoms with E-state index < -0.39 is 29.3 Å². The molecule has 3 N–H and O–H groups in total. The molecule has 2 atom stereocenters. The molecule has 2 rings (SSSR count). The van der Waals surface area contributed by atoms with Gasteiger partial charge >= 0.3 is 0 Å². The van der Waals surface area contributed by atoms with Gasteiger partial charge in [-0.1, -0.05) is 25.3 Å². The minimum atomic E-state index is -0.808. The summed E-state index contributed by atoms with van der Waals surface area (Å²) in [6.45, 7) is -0.0878. The maximum atomic E-state index is 13.4. The van der Waals surface area contributed by atoms with Crippen LogP contribution in [0.3, 0.4) is 0 Å². The first-order chi connectivity index (χ1) is 10.1. The number of anilines is 1. The summed E-state index contributed by atoms with van der Waals surface area (Å²) in [4.78, 5) is 11.8. The van der Waals surface area contributed by atoms with Crippen molar-refractivity contribution < 1.29 is 18.7 Å². The molecule has 0 bridgehead atoms. The van der Waals surface area contributed by atoms with Crippen molar-refractivity contribution in [3.05, 3.63) is 29.8 Å². The Hall–Kier alpha value is -1.53. The van der Waals surface area contributed by atoms with Gasteiger partial charge in [-0.25, -0.2) is 8.78 Å². The van der Waals surface area contributed by atoms with E-state index in [2.05, 4.69) is 10.6 Å². The quantitative estimate of drug-likeness (QED) is 0.747. The van der Waals surface area contributed by atoms with E-state index in [1.807, 2.05) is 0 Å². The predicted octanol–water partition coefficient (Wildman–Crippen LogP) is 2.19. The Morgan fingerprint density at radius 2 is 1.86 bits per heavy atom. The second kappa shape index (κ2) is 7.47. The van der Waals surface area contributed by atoms with Crippen LogP contribution in [0.5, 0.6) is 0 Å². The van der Waals surface area contributed by atoms with Crippen LogP contribution >= 0.6 is 0 Å². The number of aliphatic hydroxyl groups is 1. The summed E-state index contributed by atoms with van der Waals surface area (Å²) in [5.74, 6) is -2.15. The third-order valence-corrected chi connectivity index (χ3v) is 3.73. The van der Waals surface area contributed by atoms with Gasteiger partial charge < -0.3 is 15.7 Å². The van der Waals surface area contributed by atoms with Crippen LogP contribution in [0, 0.1) is 11.6 Å². The minimum absolute atomic E-state index is 0.0878. The van der Waals surface area contributed by atoms with Gasteiger partial charge in [0.15, 0.2) is 0 Å². The molecule has 0 heterocycles. The number of aliphatic hydroxyl groups excluding tert-OH is 1. The number of nitrogens with one attached hydrogen (secondary N) is 2. The number of carbonyl (C=O) groups is 1. The van der Waals surface area contributed by atoms with Crippen molar-refractivity contribution in [3.8, 4) is 0 Å². The maximum absolute atomic E-state index is 13.4. The molecule has 1 aromatic carbocycles. The number of carbonyl (C=O) groups excluding carboxylic acids is 1. The standard InChI is InChI=1S/C15H20F2N2O2/c16-10-5-4-6-11(17)15(10)19-14(21)9-18-12-7-2-1-3-8-13(12)20/h4-6,12-13,18,20H,1-3,7-9H2,(H,19,21). The zero-order valence-corrected chi connectivity index (χ0v) is 11.7. The van der Waals surface area contributed by atoms with Crippen LogP contribution in [-0.4, -0.2) is 29.7 Å². The normalized spacial score (nSPS) is 22.6. The van der Waals surface area contributed by atoms with E-state index in [9.17, 15) is 18.7 Å². The summed E-state index contributed by atoms with van der Waals surface area (Å²) in [5, 5.41) is 15.1. The Morgan fingerprint density at radius 3 is 2.57 bits per heavy atom. The lowest BCUT2D eigenvalue weighted by molar-refractivity contribution is -0.115. The third-order valence-electron chi connectivity index (χ3n) is 3.73. The van der Waals surface area contributed by atoms with Crippen molar-refractivity contribution in [2.75, 3.05) is 11.9 Å². The zero-order valence-electron chi connectivity index (χ0n) is 11.7. The largest absolute Gasteiger partial charge is 0.392 e. The fraction of sp³-hybridized carbons (Fsp3) is 0.533. The average molecular weight is 298 g/mol. The van der Waals surface area contributed by atoms with Crippen LogP contribution in [-0.2, 0) is 4.79 Å². The van der Waals surface area contributed by atoms with Crippen molar-refractivity contribution in [1.82, 2.24) is 5.32 Å². The Bertz CT molecular complexity index is 476. The summed E-state index contributed by atoms with van der Waals surface area (Å²) in [7, 11) is 0. The number of hydrogen-bond donors (Lipinski definition) is 3. The van der Waals surface area contributed by atoms with E-state index in [0.717, 1.165) is 37.8 Å². The first-order valence-electron chi connectivity index (χ1n) is 7.23. The van der Waals surface area contributed by atoms with Crippen LogP contribution in [0.4, 0.5) is 14.5 Å². The van der Waals surface area contributed by atoms with Gasteiger partial charge in [0.25, 0.3) is 0 Å². The number of rotatable bonds is 4. The highest BCUT2D eigenvalue weighted by molar-refractivity contribution is 5.92. The number of benzene rings is 1. The number of para-hydroxylation sites is 1. The summed E-state index contributed by atoms with van der Waals surface area (Å²) in [6, 6.07) is 3.26. The molecule has 0 radical (unpaired) electrons. The molecule has 0 aliphatic heterocycles. The van der Waals surface area contributed by atoms with Gasteiger partial charge in [-0.2, -0.15) is 0 Å². The van der Waals surface area contributed by atoms with Gasteiger partial charge in [0.05, 0.1) is 12.6 Å². The Morgan fingerprint density at radius 1 is 1.19 bits per heavy atom. The molecule has 21 heavy (non-hydrogen) atoms. The number of amides is 1. The lowest BCUT2D eigenvalue weighted by atomic mass is 10.1. The Kier molecular flexibility index (Phi) is 5.64.